The van der Waals surface area contributed by atoms with E-state index in [0.29, 0.717) is 22.6 Å². The van der Waals surface area contributed by atoms with Gasteiger partial charge >= 0.3 is 5.97 Å². The molecule has 0 heterocycles. The minimum Gasteiger partial charge on any atom is -0.457 e. The first kappa shape index (κ1) is 21.9. The third-order valence-corrected chi connectivity index (χ3v) is 5.49. The van der Waals surface area contributed by atoms with Gasteiger partial charge in [-0.25, -0.2) is 0 Å². The van der Waals surface area contributed by atoms with Crippen LogP contribution in [0.5, 0.6) is 11.5 Å². The highest BCUT2D eigenvalue weighted by Crippen LogP contribution is 2.60. The van der Waals surface area contributed by atoms with Crippen LogP contribution in [0.15, 0.2) is 78.4 Å². The standard InChI is InChI=1S/C26H24N2O3/c1-4-9-18(16-27)14-22-24(26(22,2)3)25(29)31-23(17-28)19-10-8-13-21(15-19)30-20-11-6-5-7-12-20/h4-15,22-24H,1-3H3/b9-4+,18-14-/t22-,23?,24+/m1/s1. The Morgan fingerprint density at radius 1 is 1.10 bits per heavy atom. The molecule has 0 aromatic heterocycles. The van der Waals surface area contributed by atoms with Crippen molar-refractivity contribution in [2.45, 2.75) is 26.9 Å². The smallest absolute Gasteiger partial charge is 0.311 e. The predicted molar refractivity (Wildman–Crippen MR) is 117 cm³/mol. The number of ether oxygens (including phenoxy) is 2. The third-order valence-electron chi connectivity index (χ3n) is 5.49. The molecule has 2 aromatic rings. The van der Waals surface area contributed by atoms with Gasteiger partial charge in [0.25, 0.3) is 0 Å². The summed E-state index contributed by atoms with van der Waals surface area (Å²) >= 11 is 0. The van der Waals surface area contributed by atoms with Gasteiger partial charge in [-0.1, -0.05) is 56.3 Å². The number of allylic oxidation sites excluding steroid dienone is 4. The number of hydrogen-bond acceptors (Lipinski definition) is 5. The molecule has 1 aliphatic rings. The highest BCUT2D eigenvalue weighted by atomic mass is 16.5. The fraction of sp³-hybridized carbons (Fsp3) is 0.269. The lowest BCUT2D eigenvalue weighted by Crippen LogP contribution is -2.14. The summed E-state index contributed by atoms with van der Waals surface area (Å²) in [5.74, 6) is 0.273. The van der Waals surface area contributed by atoms with Gasteiger partial charge < -0.3 is 9.47 Å². The van der Waals surface area contributed by atoms with Crippen molar-refractivity contribution in [3.05, 3.63) is 84.0 Å². The van der Waals surface area contributed by atoms with Gasteiger partial charge in [0.15, 0.2) is 0 Å². The number of esters is 1. The Labute approximate surface area is 182 Å². The minimum absolute atomic E-state index is 0.113. The fourth-order valence-electron chi connectivity index (χ4n) is 3.67. The van der Waals surface area contributed by atoms with Crippen LogP contribution in [0.4, 0.5) is 0 Å². The van der Waals surface area contributed by atoms with E-state index in [4.69, 9.17) is 9.47 Å². The topological polar surface area (TPSA) is 83.1 Å². The van der Waals surface area contributed by atoms with E-state index in [2.05, 4.69) is 12.1 Å². The van der Waals surface area contributed by atoms with Crippen molar-refractivity contribution in [1.82, 2.24) is 0 Å². The fourth-order valence-corrected chi connectivity index (χ4v) is 3.67. The van der Waals surface area contributed by atoms with Gasteiger partial charge in [0.2, 0.25) is 6.10 Å². The molecule has 0 saturated heterocycles. The zero-order valence-electron chi connectivity index (χ0n) is 17.8. The molecule has 0 spiro atoms. The molecular weight excluding hydrogens is 388 g/mol. The number of rotatable bonds is 7. The normalized spacial score (nSPS) is 20.4. The average molecular weight is 412 g/mol. The van der Waals surface area contributed by atoms with Gasteiger partial charge in [0.1, 0.15) is 17.6 Å². The number of para-hydroxylation sites is 1. The number of carbonyl (C=O) groups excluding carboxylic acids is 1. The Morgan fingerprint density at radius 2 is 1.81 bits per heavy atom. The second-order valence-electron chi connectivity index (χ2n) is 7.99. The Kier molecular flexibility index (Phi) is 6.58. The number of benzene rings is 2. The van der Waals surface area contributed by atoms with Crippen LogP contribution in [0.3, 0.4) is 0 Å². The Bertz CT molecular complexity index is 1090. The molecule has 1 aliphatic carbocycles. The maximum Gasteiger partial charge on any atom is 0.311 e. The lowest BCUT2D eigenvalue weighted by atomic mass is 10.1. The van der Waals surface area contributed by atoms with Gasteiger partial charge in [-0.05, 0) is 48.6 Å². The quantitative estimate of drug-likeness (QED) is 0.322. The molecule has 1 unspecified atom stereocenters. The van der Waals surface area contributed by atoms with E-state index in [-0.39, 0.29) is 11.3 Å². The highest BCUT2D eigenvalue weighted by molar-refractivity contribution is 5.79. The third kappa shape index (κ3) is 5.02. The summed E-state index contributed by atoms with van der Waals surface area (Å²) in [4.78, 5) is 12.8. The van der Waals surface area contributed by atoms with Crippen molar-refractivity contribution >= 4 is 5.97 Å². The van der Waals surface area contributed by atoms with Crippen LogP contribution < -0.4 is 4.74 Å². The molecule has 156 valence electrons. The molecule has 0 bridgehead atoms. The van der Waals surface area contributed by atoms with Crippen LogP contribution in [0.2, 0.25) is 0 Å². The summed E-state index contributed by atoms with van der Waals surface area (Å²) in [6.45, 7) is 5.75. The van der Waals surface area contributed by atoms with Gasteiger partial charge in [0, 0.05) is 11.1 Å². The maximum atomic E-state index is 12.8. The zero-order valence-corrected chi connectivity index (χ0v) is 17.8. The van der Waals surface area contributed by atoms with E-state index in [1.165, 1.54) is 0 Å². The molecule has 5 nitrogen and oxygen atoms in total. The van der Waals surface area contributed by atoms with Crippen molar-refractivity contribution in [2.75, 3.05) is 0 Å². The van der Waals surface area contributed by atoms with Crippen molar-refractivity contribution in [3.63, 3.8) is 0 Å². The van der Waals surface area contributed by atoms with Crippen LogP contribution in [-0.2, 0) is 9.53 Å². The monoisotopic (exact) mass is 412 g/mol. The van der Waals surface area contributed by atoms with Gasteiger partial charge in [-0.2, -0.15) is 10.5 Å². The van der Waals surface area contributed by atoms with E-state index < -0.39 is 18.0 Å². The number of carbonyl (C=O) groups is 1. The Morgan fingerprint density at radius 3 is 2.45 bits per heavy atom. The molecule has 2 aromatic carbocycles. The van der Waals surface area contributed by atoms with Crippen LogP contribution in [0.1, 0.15) is 32.4 Å². The molecule has 3 rings (SSSR count). The first-order valence-electron chi connectivity index (χ1n) is 10.1. The van der Waals surface area contributed by atoms with E-state index in [1.54, 1.807) is 36.4 Å². The average Bonchev–Trinajstić information content (AvgIpc) is 3.32. The Hall–Kier alpha value is -3.83. The number of hydrogen-bond donors (Lipinski definition) is 0. The van der Waals surface area contributed by atoms with Crippen LogP contribution in [-0.4, -0.2) is 5.97 Å². The number of nitrogens with zero attached hydrogens (tertiary/aromatic N) is 2. The predicted octanol–water partition coefficient (Wildman–Crippen LogP) is 5.89. The molecule has 31 heavy (non-hydrogen) atoms. The van der Waals surface area contributed by atoms with Crippen LogP contribution in [0.25, 0.3) is 0 Å². The van der Waals surface area contributed by atoms with Gasteiger partial charge in [-0.15, -0.1) is 0 Å². The van der Waals surface area contributed by atoms with E-state index in [0.717, 1.165) is 0 Å². The van der Waals surface area contributed by atoms with Crippen LogP contribution >= 0.6 is 0 Å². The SMILES string of the molecule is C/C=C/C(C#N)=C/[C@@H]1[C@@H](C(=O)OC(C#N)c2cccc(Oc3ccccc3)c2)C1(C)C. The molecule has 0 aliphatic heterocycles. The summed E-state index contributed by atoms with van der Waals surface area (Å²) in [5.41, 5.74) is 0.721. The lowest BCUT2D eigenvalue weighted by Gasteiger charge is -2.13. The molecule has 1 saturated carbocycles. The highest BCUT2D eigenvalue weighted by Gasteiger charge is 2.61. The summed E-state index contributed by atoms with van der Waals surface area (Å²) in [6, 6.07) is 20.5. The van der Waals surface area contributed by atoms with Gasteiger partial charge in [0.05, 0.1) is 12.0 Å². The Balaban J connectivity index is 1.73. The van der Waals surface area contributed by atoms with Gasteiger partial charge in [-0.3, -0.25) is 4.79 Å². The molecule has 0 N–H and O–H groups in total. The first-order chi connectivity index (χ1) is 14.9. The maximum absolute atomic E-state index is 12.8. The molecule has 1 fully saturated rings. The number of nitriles is 2. The van der Waals surface area contributed by atoms with Crippen molar-refractivity contribution in [2.24, 2.45) is 17.3 Å². The van der Waals surface area contributed by atoms with Crippen molar-refractivity contribution < 1.29 is 14.3 Å². The zero-order chi connectivity index (χ0) is 22.4. The second-order valence-corrected chi connectivity index (χ2v) is 7.99. The summed E-state index contributed by atoms with van der Waals surface area (Å²) < 4.78 is 11.4. The van der Waals surface area contributed by atoms with Crippen molar-refractivity contribution in [3.8, 4) is 23.6 Å². The largest absolute Gasteiger partial charge is 0.457 e. The van der Waals surface area contributed by atoms with Crippen molar-refractivity contribution in [1.29, 1.82) is 10.5 Å². The first-order valence-corrected chi connectivity index (χ1v) is 10.1. The minimum atomic E-state index is -1.04. The second kappa shape index (κ2) is 9.32. The van der Waals surface area contributed by atoms with Crippen LogP contribution in [0, 0.1) is 39.9 Å². The van der Waals surface area contributed by atoms with E-state index >= 15 is 0 Å². The summed E-state index contributed by atoms with van der Waals surface area (Å²) in [6.07, 6.45) is 4.27. The lowest BCUT2D eigenvalue weighted by molar-refractivity contribution is -0.149. The summed E-state index contributed by atoms with van der Waals surface area (Å²) in [7, 11) is 0. The molecule has 3 atom stereocenters. The molecule has 5 heteroatoms. The van der Waals surface area contributed by atoms with E-state index in [1.807, 2.05) is 57.2 Å². The van der Waals surface area contributed by atoms with E-state index in [9.17, 15) is 15.3 Å². The summed E-state index contributed by atoms with van der Waals surface area (Å²) in [5, 5.41) is 18.9. The molecule has 0 amide bonds. The molecule has 0 radical (unpaired) electrons. The molecular formula is C26H24N2O3.